The monoisotopic (exact) mass is 381 g/mol. The Balaban J connectivity index is 1.21. The summed E-state index contributed by atoms with van der Waals surface area (Å²) in [6.45, 7) is 4.98. The molecule has 0 saturated carbocycles. The third-order valence-electron chi connectivity index (χ3n) is 4.77. The number of ether oxygens (including phenoxy) is 1. The number of rotatable bonds is 8. The van der Waals surface area contributed by atoms with E-state index < -0.39 is 0 Å². The van der Waals surface area contributed by atoms with Gasteiger partial charge in [0, 0.05) is 32.3 Å². The van der Waals surface area contributed by atoms with Crippen LogP contribution in [-0.4, -0.2) is 50.4 Å². The molecule has 2 aromatic heterocycles. The van der Waals surface area contributed by atoms with E-state index >= 15 is 0 Å². The average molecular weight is 381 g/mol. The predicted octanol–water partition coefficient (Wildman–Crippen LogP) is 2.28. The maximum Gasteiger partial charge on any atom is 0.274 e. The topological polar surface area (TPSA) is 86.3 Å². The zero-order valence-corrected chi connectivity index (χ0v) is 15.8. The molecule has 1 saturated heterocycles. The molecule has 1 aliphatic rings. The van der Waals surface area contributed by atoms with E-state index in [9.17, 15) is 4.79 Å². The van der Waals surface area contributed by atoms with Gasteiger partial charge in [-0.05, 0) is 18.6 Å². The molecule has 1 fully saturated rings. The Morgan fingerprint density at radius 1 is 1.25 bits per heavy atom. The first-order valence-corrected chi connectivity index (χ1v) is 9.50. The summed E-state index contributed by atoms with van der Waals surface area (Å²) in [5, 5.41) is 8.28. The fourth-order valence-corrected chi connectivity index (χ4v) is 3.08. The highest BCUT2D eigenvalue weighted by Crippen LogP contribution is 2.27. The molecule has 146 valence electrons. The Hall–Kier alpha value is -3.00. The second-order valence-corrected chi connectivity index (χ2v) is 6.80. The summed E-state index contributed by atoms with van der Waals surface area (Å²) in [4.78, 5) is 18.6. The molecular weight excluding hydrogens is 358 g/mol. The molecule has 3 heterocycles. The van der Waals surface area contributed by atoms with Gasteiger partial charge in [0.05, 0.1) is 19.1 Å². The molecule has 1 amide bonds. The van der Waals surface area contributed by atoms with Crippen molar-refractivity contribution in [3.8, 4) is 0 Å². The molecule has 1 aliphatic heterocycles. The first-order chi connectivity index (χ1) is 13.7. The van der Waals surface area contributed by atoms with Crippen LogP contribution in [0.4, 0.5) is 0 Å². The van der Waals surface area contributed by atoms with Crippen molar-refractivity contribution in [2.75, 3.05) is 19.7 Å². The van der Waals surface area contributed by atoms with Gasteiger partial charge in [0.15, 0.2) is 5.82 Å². The van der Waals surface area contributed by atoms with E-state index in [1.54, 1.807) is 15.6 Å². The van der Waals surface area contributed by atoms with Gasteiger partial charge in [0.1, 0.15) is 5.69 Å². The van der Waals surface area contributed by atoms with Crippen molar-refractivity contribution >= 4 is 5.91 Å². The largest absolute Gasteiger partial charge is 0.376 e. The van der Waals surface area contributed by atoms with Crippen LogP contribution >= 0.6 is 0 Å². The van der Waals surface area contributed by atoms with Crippen LogP contribution in [0, 0.1) is 0 Å². The van der Waals surface area contributed by atoms with Gasteiger partial charge >= 0.3 is 0 Å². The number of nitrogens with zero attached hydrogens (tertiary/aromatic N) is 5. The van der Waals surface area contributed by atoms with Gasteiger partial charge in [0.25, 0.3) is 5.91 Å². The molecular formula is C20H23N5O3. The van der Waals surface area contributed by atoms with Crippen LogP contribution < -0.4 is 0 Å². The second-order valence-electron chi connectivity index (χ2n) is 6.80. The first-order valence-electron chi connectivity index (χ1n) is 9.50. The quantitative estimate of drug-likeness (QED) is 0.557. The molecule has 0 unspecified atom stereocenters. The van der Waals surface area contributed by atoms with E-state index in [0.29, 0.717) is 50.1 Å². The Morgan fingerprint density at radius 3 is 2.82 bits per heavy atom. The molecule has 0 spiro atoms. The zero-order chi connectivity index (χ0) is 19.3. The lowest BCUT2D eigenvalue weighted by Crippen LogP contribution is -2.48. The molecule has 8 nitrogen and oxygen atoms in total. The fourth-order valence-electron chi connectivity index (χ4n) is 3.08. The summed E-state index contributed by atoms with van der Waals surface area (Å²) in [6.07, 6.45) is 2.41. The van der Waals surface area contributed by atoms with Crippen LogP contribution in [0.25, 0.3) is 0 Å². The summed E-state index contributed by atoms with van der Waals surface area (Å²) < 4.78 is 12.8. The number of carbonyl (C=O) groups excluding carboxylic acids is 1. The van der Waals surface area contributed by atoms with Crippen LogP contribution in [0.1, 0.15) is 40.6 Å². The predicted molar refractivity (Wildman–Crippen MR) is 101 cm³/mol. The van der Waals surface area contributed by atoms with Crippen molar-refractivity contribution in [3.05, 3.63) is 65.6 Å². The summed E-state index contributed by atoms with van der Waals surface area (Å²) >= 11 is 0. The summed E-state index contributed by atoms with van der Waals surface area (Å²) in [7, 11) is 0. The minimum atomic E-state index is -0.0579. The summed E-state index contributed by atoms with van der Waals surface area (Å²) in [6, 6.07) is 11.8. The van der Waals surface area contributed by atoms with Gasteiger partial charge in [-0.15, -0.1) is 0 Å². The van der Waals surface area contributed by atoms with E-state index in [2.05, 4.69) is 15.2 Å². The van der Waals surface area contributed by atoms with Gasteiger partial charge in [-0.3, -0.25) is 9.48 Å². The lowest BCUT2D eigenvalue weighted by Gasteiger charge is -2.36. The molecule has 1 aromatic carbocycles. The minimum absolute atomic E-state index is 0.0579. The Bertz CT molecular complexity index is 915. The number of aryl methyl sites for hydroxylation is 1. The number of aromatic nitrogens is 4. The highest BCUT2D eigenvalue weighted by Gasteiger charge is 2.36. The number of likely N-dealkylation sites (tertiary alicyclic amines) is 1. The van der Waals surface area contributed by atoms with E-state index in [0.717, 1.165) is 12.1 Å². The Kier molecular flexibility index (Phi) is 5.48. The molecule has 0 aliphatic carbocycles. The Morgan fingerprint density at radius 2 is 2.07 bits per heavy atom. The molecule has 0 bridgehead atoms. The van der Waals surface area contributed by atoms with E-state index in [4.69, 9.17) is 9.26 Å². The van der Waals surface area contributed by atoms with Crippen molar-refractivity contribution in [1.29, 1.82) is 0 Å². The molecule has 8 heteroatoms. The zero-order valence-electron chi connectivity index (χ0n) is 15.8. The van der Waals surface area contributed by atoms with Crippen molar-refractivity contribution in [3.63, 3.8) is 0 Å². The normalized spacial score (nSPS) is 14.2. The maximum absolute atomic E-state index is 12.4. The number of hydrogen-bond donors (Lipinski definition) is 0. The van der Waals surface area contributed by atoms with Crippen LogP contribution in [0.5, 0.6) is 0 Å². The van der Waals surface area contributed by atoms with Gasteiger partial charge in [-0.1, -0.05) is 35.5 Å². The maximum atomic E-state index is 12.4. The number of carbonyl (C=O) groups is 1. The van der Waals surface area contributed by atoms with E-state index in [1.165, 1.54) is 0 Å². The lowest BCUT2D eigenvalue weighted by molar-refractivity contribution is 0.0562. The van der Waals surface area contributed by atoms with Crippen LogP contribution in [0.3, 0.4) is 0 Å². The molecule has 0 radical (unpaired) electrons. The summed E-state index contributed by atoms with van der Waals surface area (Å²) in [5.41, 5.74) is 1.61. The minimum Gasteiger partial charge on any atom is -0.376 e. The van der Waals surface area contributed by atoms with Crippen molar-refractivity contribution < 1.29 is 14.1 Å². The van der Waals surface area contributed by atoms with E-state index in [1.807, 2.05) is 43.5 Å². The molecule has 0 N–H and O–H groups in total. The summed E-state index contributed by atoms with van der Waals surface area (Å²) in [5.74, 6) is 1.25. The molecule has 4 rings (SSSR count). The average Bonchev–Trinajstić information content (AvgIpc) is 3.34. The molecule has 3 aromatic rings. The van der Waals surface area contributed by atoms with Gasteiger partial charge in [-0.25, -0.2) is 0 Å². The second kappa shape index (κ2) is 8.35. The first kappa shape index (κ1) is 18.4. The van der Waals surface area contributed by atoms with Gasteiger partial charge in [-0.2, -0.15) is 10.1 Å². The highest BCUT2D eigenvalue weighted by molar-refractivity contribution is 5.92. The van der Waals surface area contributed by atoms with Crippen LogP contribution in [0.15, 0.2) is 47.1 Å². The van der Waals surface area contributed by atoms with Crippen molar-refractivity contribution in [1.82, 2.24) is 24.8 Å². The number of hydrogen-bond acceptors (Lipinski definition) is 6. The Labute approximate surface area is 163 Å². The lowest BCUT2D eigenvalue weighted by atomic mass is 10.00. The third kappa shape index (κ3) is 4.12. The van der Waals surface area contributed by atoms with Crippen LogP contribution in [0.2, 0.25) is 0 Å². The number of amides is 1. The highest BCUT2D eigenvalue weighted by atomic mass is 16.5. The number of benzene rings is 1. The SMILES string of the molecule is CCn1ccc(C(=O)N2CC(c3nc(CCOCc4ccccc4)no3)C2)n1. The van der Waals surface area contributed by atoms with E-state index in [-0.39, 0.29) is 11.8 Å². The molecule has 0 atom stereocenters. The smallest absolute Gasteiger partial charge is 0.274 e. The third-order valence-corrected chi connectivity index (χ3v) is 4.77. The fraction of sp³-hybridized carbons (Fsp3) is 0.400. The van der Waals surface area contributed by atoms with Crippen LogP contribution in [-0.2, 0) is 24.3 Å². The van der Waals surface area contributed by atoms with Gasteiger partial charge in [0.2, 0.25) is 5.89 Å². The van der Waals surface area contributed by atoms with Crippen molar-refractivity contribution in [2.45, 2.75) is 32.4 Å². The standard InChI is InChI=1S/C20H23N5O3/c1-2-25-10-8-17(22-25)20(26)24-12-16(13-24)19-21-18(23-28-19)9-11-27-14-15-6-4-3-5-7-15/h3-8,10,16H,2,9,11-14H2,1H3. The van der Waals surface area contributed by atoms with Gasteiger partial charge < -0.3 is 14.2 Å². The molecule has 28 heavy (non-hydrogen) atoms. The van der Waals surface area contributed by atoms with Crippen molar-refractivity contribution in [2.24, 2.45) is 0 Å².